The number of hydrogen-bond donors (Lipinski definition) is 1. The molecule has 0 aliphatic heterocycles. The van der Waals surface area contributed by atoms with Crippen LogP contribution in [0.25, 0.3) is 0 Å². The maximum Gasteiger partial charge on any atom is 0.344 e. The number of carboxylic acids is 1. The lowest BCUT2D eigenvalue weighted by Gasteiger charge is -2.15. The minimum absolute atomic E-state index is 0.0949. The summed E-state index contributed by atoms with van der Waals surface area (Å²) >= 11 is 12.1. The second-order valence-electron chi connectivity index (χ2n) is 4.96. The maximum absolute atomic E-state index is 11.2. The van der Waals surface area contributed by atoms with E-state index < -0.39 is 12.1 Å². The number of nitrogens with zero attached hydrogens (tertiary/aromatic N) is 2. The predicted octanol–water partition coefficient (Wildman–Crippen LogP) is 3.49. The van der Waals surface area contributed by atoms with Crippen molar-refractivity contribution in [1.29, 1.82) is 0 Å². The van der Waals surface area contributed by atoms with Gasteiger partial charge in [-0.05, 0) is 19.9 Å². The van der Waals surface area contributed by atoms with Gasteiger partial charge in [-0.15, -0.1) is 0 Å². The van der Waals surface area contributed by atoms with Crippen LogP contribution in [0, 0.1) is 6.92 Å². The van der Waals surface area contributed by atoms with Gasteiger partial charge in [0.05, 0.1) is 21.3 Å². The van der Waals surface area contributed by atoms with Gasteiger partial charge >= 0.3 is 5.97 Å². The van der Waals surface area contributed by atoms with Crippen LogP contribution >= 0.6 is 23.2 Å². The Hall–Kier alpha value is -2.25. The van der Waals surface area contributed by atoms with E-state index in [0.29, 0.717) is 12.0 Å². The van der Waals surface area contributed by atoms with Crippen LogP contribution in [0.15, 0.2) is 12.1 Å². The summed E-state index contributed by atoms with van der Waals surface area (Å²) in [6.07, 6.45) is -0.480. The van der Waals surface area contributed by atoms with Gasteiger partial charge in [0.2, 0.25) is 5.88 Å². The first-order valence-electron chi connectivity index (χ1n) is 6.79. The number of carbonyl (C=O) groups excluding carboxylic acids is 1. The Labute approximate surface area is 147 Å². The van der Waals surface area contributed by atoms with Gasteiger partial charge in [0.15, 0.2) is 18.1 Å². The monoisotopic (exact) mass is 372 g/mol. The Kier molecular flexibility index (Phi) is 5.36. The van der Waals surface area contributed by atoms with Crippen molar-refractivity contribution >= 4 is 35.5 Å². The molecule has 1 atom stereocenters. The average molecular weight is 373 g/mol. The SMILES string of the molecule is Cc1nn(C)c(Oc2cc(OC(C)C(=O)O)c(Cl)cc2Cl)c1C=O. The first-order valence-corrected chi connectivity index (χ1v) is 7.55. The van der Waals surface area contributed by atoms with E-state index in [9.17, 15) is 9.59 Å². The van der Waals surface area contributed by atoms with Gasteiger partial charge < -0.3 is 14.6 Å². The van der Waals surface area contributed by atoms with Crippen molar-refractivity contribution in [1.82, 2.24) is 9.78 Å². The Balaban J connectivity index is 2.41. The molecular formula is C15H14Cl2N2O5. The topological polar surface area (TPSA) is 90.7 Å². The fraction of sp³-hybridized carbons (Fsp3) is 0.267. The fourth-order valence-electron chi connectivity index (χ4n) is 1.93. The first-order chi connectivity index (χ1) is 11.2. The number of aromatic nitrogens is 2. The Morgan fingerprint density at radius 3 is 2.54 bits per heavy atom. The van der Waals surface area contributed by atoms with Crippen LogP contribution in [0.5, 0.6) is 17.4 Å². The van der Waals surface area contributed by atoms with Crippen LogP contribution in [0.2, 0.25) is 10.0 Å². The number of aryl methyl sites for hydroxylation is 2. The molecule has 1 unspecified atom stereocenters. The summed E-state index contributed by atoms with van der Waals surface area (Å²) in [7, 11) is 1.61. The van der Waals surface area contributed by atoms with Crippen LogP contribution in [0.1, 0.15) is 23.0 Å². The molecule has 1 heterocycles. The van der Waals surface area contributed by atoms with E-state index in [1.54, 1.807) is 14.0 Å². The number of rotatable bonds is 6. The third-order valence-electron chi connectivity index (χ3n) is 3.18. The normalized spacial score (nSPS) is 11.9. The molecule has 0 saturated carbocycles. The van der Waals surface area contributed by atoms with Gasteiger partial charge in [-0.1, -0.05) is 23.2 Å². The minimum atomic E-state index is -1.14. The summed E-state index contributed by atoms with van der Waals surface area (Å²) in [6, 6.07) is 2.73. The van der Waals surface area contributed by atoms with Gasteiger partial charge in [-0.3, -0.25) is 4.79 Å². The molecule has 24 heavy (non-hydrogen) atoms. The third kappa shape index (κ3) is 3.63. The average Bonchev–Trinajstić information content (AvgIpc) is 2.77. The Morgan fingerprint density at radius 1 is 1.33 bits per heavy atom. The molecule has 1 aromatic carbocycles. The van der Waals surface area contributed by atoms with Gasteiger partial charge in [0, 0.05) is 13.1 Å². The highest BCUT2D eigenvalue weighted by molar-refractivity contribution is 6.36. The number of ether oxygens (including phenoxy) is 2. The van der Waals surface area contributed by atoms with Crippen molar-refractivity contribution in [3.63, 3.8) is 0 Å². The summed E-state index contributed by atoms with van der Waals surface area (Å²) in [5, 5.41) is 13.3. The summed E-state index contributed by atoms with van der Waals surface area (Å²) in [6.45, 7) is 3.03. The lowest BCUT2D eigenvalue weighted by Crippen LogP contribution is -2.23. The lowest BCUT2D eigenvalue weighted by atomic mass is 10.3. The van der Waals surface area contributed by atoms with Gasteiger partial charge in [-0.2, -0.15) is 5.10 Å². The highest BCUT2D eigenvalue weighted by Gasteiger charge is 2.20. The molecule has 128 valence electrons. The molecule has 1 N–H and O–H groups in total. The molecule has 0 amide bonds. The molecule has 0 spiro atoms. The smallest absolute Gasteiger partial charge is 0.344 e. The summed E-state index contributed by atoms with van der Waals surface area (Å²) in [5.74, 6) is -0.699. The zero-order valence-electron chi connectivity index (χ0n) is 13.0. The number of hydrogen-bond acceptors (Lipinski definition) is 5. The molecule has 0 aliphatic rings. The number of carboxylic acid groups (broad SMARTS) is 1. The second kappa shape index (κ2) is 7.11. The molecule has 0 bridgehead atoms. The largest absolute Gasteiger partial charge is 0.479 e. The summed E-state index contributed by atoms with van der Waals surface area (Å²) in [5.41, 5.74) is 0.786. The van der Waals surface area contributed by atoms with Crippen LogP contribution in [0.4, 0.5) is 0 Å². The highest BCUT2D eigenvalue weighted by Crippen LogP contribution is 2.39. The second-order valence-corrected chi connectivity index (χ2v) is 5.77. The standard InChI is InChI=1S/C15H14Cl2N2O5/c1-7-9(6-20)14(19(3)18-7)24-13-5-12(10(16)4-11(13)17)23-8(2)15(21)22/h4-6,8H,1-3H3,(H,21,22). The van der Waals surface area contributed by atoms with E-state index in [2.05, 4.69) is 5.10 Å². The molecular weight excluding hydrogens is 359 g/mol. The lowest BCUT2D eigenvalue weighted by molar-refractivity contribution is -0.144. The van der Waals surface area contributed by atoms with Crippen LogP contribution in [-0.4, -0.2) is 33.2 Å². The summed E-state index contributed by atoms with van der Waals surface area (Å²) in [4.78, 5) is 22.1. The van der Waals surface area contributed by atoms with Crippen molar-refractivity contribution in [3.05, 3.63) is 33.4 Å². The minimum Gasteiger partial charge on any atom is -0.479 e. The van der Waals surface area contributed by atoms with E-state index in [4.69, 9.17) is 37.8 Å². The fourth-order valence-corrected chi connectivity index (χ4v) is 2.40. The quantitative estimate of drug-likeness (QED) is 0.780. The van der Waals surface area contributed by atoms with Crippen molar-refractivity contribution < 1.29 is 24.2 Å². The first kappa shape index (κ1) is 18.1. The number of aldehydes is 1. The number of carbonyl (C=O) groups is 2. The zero-order valence-corrected chi connectivity index (χ0v) is 14.6. The maximum atomic E-state index is 11.2. The number of aliphatic carboxylic acids is 1. The number of benzene rings is 1. The Bertz CT molecular complexity index is 804. The molecule has 9 heteroatoms. The van der Waals surface area contributed by atoms with Gasteiger partial charge in [0.25, 0.3) is 0 Å². The molecule has 2 rings (SSSR count). The molecule has 0 fully saturated rings. The third-order valence-corrected chi connectivity index (χ3v) is 3.77. The van der Waals surface area contributed by atoms with Crippen LogP contribution in [0.3, 0.4) is 0 Å². The molecule has 7 nitrogen and oxygen atoms in total. The van der Waals surface area contributed by atoms with Crippen molar-refractivity contribution in [2.24, 2.45) is 7.05 Å². The molecule has 0 aliphatic carbocycles. The molecule has 0 saturated heterocycles. The Morgan fingerprint density at radius 2 is 1.96 bits per heavy atom. The van der Waals surface area contributed by atoms with Gasteiger partial charge in [-0.25, -0.2) is 9.48 Å². The zero-order chi connectivity index (χ0) is 18.0. The molecule has 0 radical (unpaired) electrons. The highest BCUT2D eigenvalue weighted by atomic mass is 35.5. The predicted molar refractivity (Wildman–Crippen MR) is 87.6 cm³/mol. The molecule has 2 aromatic rings. The van der Waals surface area contributed by atoms with E-state index in [-0.39, 0.29) is 33.0 Å². The van der Waals surface area contributed by atoms with Crippen molar-refractivity contribution in [2.45, 2.75) is 20.0 Å². The van der Waals surface area contributed by atoms with E-state index >= 15 is 0 Å². The molecule has 1 aromatic heterocycles. The van der Waals surface area contributed by atoms with E-state index in [0.717, 1.165) is 0 Å². The van der Waals surface area contributed by atoms with E-state index in [1.807, 2.05) is 0 Å². The van der Waals surface area contributed by atoms with Crippen molar-refractivity contribution in [2.75, 3.05) is 0 Å². The van der Waals surface area contributed by atoms with Crippen LogP contribution < -0.4 is 9.47 Å². The summed E-state index contributed by atoms with van der Waals surface area (Å²) < 4.78 is 12.3. The van der Waals surface area contributed by atoms with Crippen LogP contribution in [-0.2, 0) is 11.8 Å². The van der Waals surface area contributed by atoms with Crippen molar-refractivity contribution in [3.8, 4) is 17.4 Å². The van der Waals surface area contributed by atoms with Gasteiger partial charge in [0.1, 0.15) is 5.75 Å². The number of halogens is 2. The van der Waals surface area contributed by atoms with E-state index in [1.165, 1.54) is 23.7 Å².